The number of rotatable bonds is 7. The summed E-state index contributed by atoms with van der Waals surface area (Å²) in [5, 5.41) is 5.35. The molecule has 2 fully saturated rings. The molecule has 0 spiro atoms. The maximum atomic E-state index is 12.9. The molecule has 1 atom stereocenters. The van der Waals surface area contributed by atoms with E-state index < -0.39 is 17.6 Å². The Hall–Kier alpha value is -3.14. The number of carbonyl (C=O) groups excluding carboxylic acids is 2. The maximum absolute atomic E-state index is 12.9. The van der Waals surface area contributed by atoms with Gasteiger partial charge >= 0.3 is 6.18 Å². The van der Waals surface area contributed by atoms with E-state index in [1.165, 1.54) is 17.7 Å². The van der Waals surface area contributed by atoms with Gasteiger partial charge in [0.05, 0.1) is 19.2 Å². The summed E-state index contributed by atoms with van der Waals surface area (Å²) in [5.41, 5.74) is 0.207. The molecule has 2 aliphatic rings. The number of aromatic nitrogens is 1. The molecule has 36 heavy (non-hydrogen) atoms. The number of amides is 2. The van der Waals surface area contributed by atoms with Gasteiger partial charge in [-0.15, -0.1) is 0 Å². The summed E-state index contributed by atoms with van der Waals surface area (Å²) in [6.07, 6.45) is 2.55. The molecule has 2 amide bonds. The highest BCUT2D eigenvalue weighted by Gasteiger charge is 2.33. The van der Waals surface area contributed by atoms with Crippen molar-refractivity contribution in [3.63, 3.8) is 0 Å². The Balaban J connectivity index is 1.19. The number of nitrogens with one attached hydrogen (secondary N) is 2. The lowest BCUT2D eigenvalue weighted by Gasteiger charge is -2.34. The Bertz CT molecular complexity index is 1050. The molecule has 194 valence electrons. The number of carbonyl (C=O) groups is 2. The van der Waals surface area contributed by atoms with Crippen LogP contribution in [0.4, 0.5) is 13.2 Å². The molecular formula is C26H31F3N4O3. The van der Waals surface area contributed by atoms with Crippen LogP contribution in [-0.2, 0) is 11.0 Å². The van der Waals surface area contributed by atoms with Gasteiger partial charge in [-0.1, -0.05) is 12.1 Å². The first kappa shape index (κ1) is 25.9. The zero-order chi connectivity index (χ0) is 25.7. The standard InChI is InChI=1S/C26H31F3N4O3/c1-36-24-10-7-19(14-30-24)17-5-8-22(9-6-17)33-12-11-21(16-33)32-23(34)15-31-25(35)18-3-2-4-20(13-18)26(27,28)29/h2-4,7,10,13-14,17,21-22H,5-6,8-9,11-12,15-16H2,1H3,(H,31,35)(H,32,34). The lowest BCUT2D eigenvalue weighted by atomic mass is 9.82. The van der Waals surface area contributed by atoms with Crippen LogP contribution in [0.2, 0.25) is 0 Å². The minimum absolute atomic E-state index is 0.00790. The van der Waals surface area contributed by atoms with Crippen LogP contribution in [0.15, 0.2) is 42.6 Å². The number of methoxy groups -OCH3 is 1. The SMILES string of the molecule is COc1ccc(C2CCC(N3CCC(NC(=O)CNC(=O)c4cccc(C(F)(F)F)c4)C3)CC2)cn1. The fourth-order valence-electron chi connectivity index (χ4n) is 5.14. The highest BCUT2D eigenvalue weighted by Crippen LogP contribution is 2.36. The van der Waals surface area contributed by atoms with Crippen LogP contribution in [0.5, 0.6) is 5.88 Å². The Kier molecular flexibility index (Phi) is 8.13. The summed E-state index contributed by atoms with van der Waals surface area (Å²) in [4.78, 5) is 31.3. The monoisotopic (exact) mass is 504 g/mol. The number of likely N-dealkylation sites (tertiary alicyclic amines) is 1. The molecule has 10 heteroatoms. The van der Waals surface area contributed by atoms with E-state index in [1.807, 2.05) is 12.3 Å². The fraction of sp³-hybridized carbons (Fsp3) is 0.500. The molecule has 2 aromatic rings. The highest BCUT2D eigenvalue weighted by atomic mass is 19.4. The van der Waals surface area contributed by atoms with E-state index in [4.69, 9.17) is 4.74 Å². The van der Waals surface area contributed by atoms with E-state index in [1.54, 1.807) is 7.11 Å². The Morgan fingerprint density at radius 1 is 1.11 bits per heavy atom. The first-order valence-electron chi connectivity index (χ1n) is 12.2. The third-order valence-electron chi connectivity index (χ3n) is 7.10. The van der Waals surface area contributed by atoms with Crippen molar-refractivity contribution in [1.82, 2.24) is 20.5 Å². The van der Waals surface area contributed by atoms with Crippen molar-refractivity contribution < 1.29 is 27.5 Å². The highest BCUT2D eigenvalue weighted by molar-refractivity contribution is 5.96. The number of pyridine rings is 1. The summed E-state index contributed by atoms with van der Waals surface area (Å²) in [6.45, 7) is 1.38. The third kappa shape index (κ3) is 6.54. The van der Waals surface area contributed by atoms with Crippen LogP contribution in [0.3, 0.4) is 0 Å². The third-order valence-corrected chi connectivity index (χ3v) is 7.10. The molecule has 1 saturated heterocycles. The molecule has 1 unspecified atom stereocenters. The van der Waals surface area contributed by atoms with Crippen molar-refractivity contribution in [2.75, 3.05) is 26.7 Å². The van der Waals surface area contributed by atoms with Gasteiger partial charge in [-0.05, 0) is 61.8 Å². The smallest absolute Gasteiger partial charge is 0.416 e. The van der Waals surface area contributed by atoms with Gasteiger partial charge in [0, 0.05) is 43.0 Å². The Morgan fingerprint density at radius 3 is 2.56 bits per heavy atom. The van der Waals surface area contributed by atoms with E-state index in [0.717, 1.165) is 57.3 Å². The van der Waals surface area contributed by atoms with E-state index in [0.29, 0.717) is 17.8 Å². The molecule has 1 aromatic carbocycles. The van der Waals surface area contributed by atoms with E-state index in [-0.39, 0.29) is 24.1 Å². The lowest BCUT2D eigenvalue weighted by molar-refractivity contribution is -0.137. The quantitative estimate of drug-likeness (QED) is 0.600. The largest absolute Gasteiger partial charge is 0.481 e. The molecule has 2 heterocycles. The average Bonchev–Trinajstić information content (AvgIpc) is 3.35. The second kappa shape index (κ2) is 11.3. The van der Waals surface area contributed by atoms with Crippen molar-refractivity contribution in [2.24, 2.45) is 0 Å². The number of alkyl halides is 3. The second-order valence-corrected chi connectivity index (χ2v) is 9.45. The van der Waals surface area contributed by atoms with Crippen LogP contribution in [0, 0.1) is 0 Å². The molecule has 0 radical (unpaired) electrons. The summed E-state index contributed by atoms with van der Waals surface area (Å²) in [6, 6.07) is 8.60. The van der Waals surface area contributed by atoms with E-state index >= 15 is 0 Å². The molecule has 1 aromatic heterocycles. The number of ether oxygens (including phenoxy) is 1. The minimum Gasteiger partial charge on any atom is -0.481 e. The van der Waals surface area contributed by atoms with E-state index in [2.05, 4.69) is 26.6 Å². The Labute approximate surface area is 208 Å². The van der Waals surface area contributed by atoms with Gasteiger partial charge in [0.15, 0.2) is 0 Å². The van der Waals surface area contributed by atoms with Gasteiger partial charge in [0.1, 0.15) is 0 Å². The predicted octanol–water partition coefficient (Wildman–Crippen LogP) is 3.76. The van der Waals surface area contributed by atoms with Gasteiger partial charge in [0.2, 0.25) is 11.8 Å². The molecule has 2 N–H and O–H groups in total. The Morgan fingerprint density at radius 2 is 1.89 bits per heavy atom. The summed E-state index contributed by atoms with van der Waals surface area (Å²) < 4.78 is 43.7. The number of benzene rings is 1. The summed E-state index contributed by atoms with van der Waals surface area (Å²) in [7, 11) is 1.61. The van der Waals surface area contributed by atoms with Crippen LogP contribution < -0.4 is 15.4 Å². The fourth-order valence-corrected chi connectivity index (χ4v) is 5.14. The number of nitrogens with zero attached hydrogens (tertiary/aromatic N) is 2. The van der Waals surface area contributed by atoms with Gasteiger partial charge in [-0.25, -0.2) is 4.98 Å². The van der Waals surface area contributed by atoms with Gasteiger partial charge in [0.25, 0.3) is 5.91 Å². The molecule has 1 aliphatic heterocycles. The zero-order valence-corrected chi connectivity index (χ0v) is 20.2. The molecule has 4 rings (SSSR count). The average molecular weight is 505 g/mol. The zero-order valence-electron chi connectivity index (χ0n) is 20.2. The first-order valence-corrected chi connectivity index (χ1v) is 12.2. The second-order valence-electron chi connectivity index (χ2n) is 9.45. The van der Waals surface area contributed by atoms with Crippen LogP contribution in [-0.4, -0.2) is 60.5 Å². The number of halogens is 3. The van der Waals surface area contributed by atoms with Crippen LogP contribution in [0.1, 0.15) is 59.5 Å². The minimum atomic E-state index is -4.53. The maximum Gasteiger partial charge on any atom is 0.416 e. The van der Waals surface area contributed by atoms with Crippen LogP contribution >= 0.6 is 0 Å². The van der Waals surface area contributed by atoms with Crippen molar-refractivity contribution >= 4 is 11.8 Å². The number of hydrogen-bond donors (Lipinski definition) is 2. The lowest BCUT2D eigenvalue weighted by Crippen LogP contribution is -2.44. The molecule has 7 nitrogen and oxygen atoms in total. The first-order chi connectivity index (χ1) is 17.2. The molecule has 0 bridgehead atoms. The summed E-state index contributed by atoms with van der Waals surface area (Å²) in [5.74, 6) is 0.0528. The van der Waals surface area contributed by atoms with Gasteiger partial charge < -0.3 is 15.4 Å². The molecule has 1 saturated carbocycles. The topological polar surface area (TPSA) is 83.6 Å². The van der Waals surface area contributed by atoms with Crippen LogP contribution in [0.25, 0.3) is 0 Å². The summed E-state index contributed by atoms with van der Waals surface area (Å²) >= 11 is 0. The van der Waals surface area contributed by atoms with Gasteiger partial charge in [-0.2, -0.15) is 13.2 Å². The van der Waals surface area contributed by atoms with Crippen molar-refractivity contribution in [2.45, 2.75) is 56.3 Å². The van der Waals surface area contributed by atoms with Crippen molar-refractivity contribution in [3.8, 4) is 5.88 Å². The van der Waals surface area contributed by atoms with E-state index in [9.17, 15) is 22.8 Å². The molecular weight excluding hydrogens is 473 g/mol. The van der Waals surface area contributed by atoms with Crippen molar-refractivity contribution in [3.05, 3.63) is 59.3 Å². The number of hydrogen-bond acceptors (Lipinski definition) is 5. The van der Waals surface area contributed by atoms with Gasteiger partial charge in [-0.3, -0.25) is 14.5 Å². The predicted molar refractivity (Wildman–Crippen MR) is 128 cm³/mol. The normalized spacial score (nSPS) is 22.7. The van der Waals surface area contributed by atoms with Crippen molar-refractivity contribution in [1.29, 1.82) is 0 Å². The molecule has 1 aliphatic carbocycles.